The molecule has 1 N–H and O–H groups in total. The molecule has 0 aromatic rings. The van der Waals surface area contributed by atoms with E-state index in [0.29, 0.717) is 5.92 Å². The number of rotatable bonds is 3. The van der Waals surface area contributed by atoms with Crippen molar-refractivity contribution >= 4 is 6.09 Å². The minimum atomic E-state index is -0.412. The number of nitrogens with one attached hydrogen (secondary N) is 1. The lowest BCUT2D eigenvalue weighted by Crippen LogP contribution is -2.51. The van der Waals surface area contributed by atoms with Gasteiger partial charge in [0.25, 0.3) is 0 Å². The Morgan fingerprint density at radius 3 is 2.59 bits per heavy atom. The zero-order chi connectivity index (χ0) is 16.2. The van der Waals surface area contributed by atoms with Crippen LogP contribution in [0.4, 0.5) is 4.79 Å². The Kier molecular flexibility index (Phi) is 5.72. The van der Waals surface area contributed by atoms with Crippen molar-refractivity contribution in [2.75, 3.05) is 32.8 Å². The fourth-order valence-corrected chi connectivity index (χ4v) is 3.11. The molecule has 0 aliphatic carbocycles. The van der Waals surface area contributed by atoms with Gasteiger partial charge in [-0.3, -0.25) is 0 Å². The zero-order valence-electron chi connectivity index (χ0n) is 14.6. The Balaban J connectivity index is 1.70. The number of ether oxygens (including phenoxy) is 2. The maximum atomic E-state index is 12.0. The van der Waals surface area contributed by atoms with Crippen molar-refractivity contribution in [1.82, 2.24) is 10.2 Å². The molecular formula is C17H32N2O3. The van der Waals surface area contributed by atoms with Gasteiger partial charge < -0.3 is 19.7 Å². The van der Waals surface area contributed by atoms with Gasteiger partial charge in [0.1, 0.15) is 5.60 Å². The van der Waals surface area contributed by atoms with Crippen molar-refractivity contribution in [3.8, 4) is 0 Å². The van der Waals surface area contributed by atoms with Crippen molar-refractivity contribution in [2.45, 2.75) is 64.5 Å². The Morgan fingerprint density at radius 1 is 1.36 bits per heavy atom. The first-order valence-corrected chi connectivity index (χ1v) is 8.58. The van der Waals surface area contributed by atoms with Crippen molar-refractivity contribution in [3.05, 3.63) is 0 Å². The summed E-state index contributed by atoms with van der Waals surface area (Å²) in [6.45, 7) is 12.3. The van der Waals surface area contributed by atoms with Crippen LogP contribution in [0.2, 0.25) is 0 Å². The van der Waals surface area contributed by atoms with Gasteiger partial charge in [0.05, 0.1) is 6.61 Å². The molecule has 0 aromatic heterocycles. The molecule has 2 saturated heterocycles. The molecule has 22 heavy (non-hydrogen) atoms. The highest BCUT2D eigenvalue weighted by Gasteiger charge is 2.30. The number of hydrogen-bond acceptors (Lipinski definition) is 4. The van der Waals surface area contributed by atoms with E-state index in [4.69, 9.17) is 9.47 Å². The van der Waals surface area contributed by atoms with Gasteiger partial charge in [-0.15, -0.1) is 0 Å². The lowest BCUT2D eigenvalue weighted by atomic mass is 9.91. The maximum Gasteiger partial charge on any atom is 0.410 e. The van der Waals surface area contributed by atoms with Gasteiger partial charge in [-0.05, 0) is 65.8 Å². The molecule has 1 amide bonds. The smallest absolute Gasteiger partial charge is 0.410 e. The molecule has 5 nitrogen and oxygen atoms in total. The summed E-state index contributed by atoms with van der Waals surface area (Å²) in [4.78, 5) is 13.9. The first-order chi connectivity index (χ1) is 10.3. The van der Waals surface area contributed by atoms with Crippen LogP contribution in [0, 0.1) is 5.92 Å². The average molecular weight is 312 g/mol. The topological polar surface area (TPSA) is 50.8 Å². The predicted molar refractivity (Wildman–Crippen MR) is 87.0 cm³/mol. The normalized spacial score (nSPS) is 27.7. The molecule has 0 radical (unpaired) electrons. The van der Waals surface area contributed by atoms with E-state index >= 15 is 0 Å². The van der Waals surface area contributed by atoms with Crippen LogP contribution in [0.3, 0.4) is 0 Å². The van der Waals surface area contributed by atoms with Crippen LogP contribution >= 0.6 is 0 Å². The van der Waals surface area contributed by atoms with Crippen molar-refractivity contribution in [3.63, 3.8) is 0 Å². The van der Waals surface area contributed by atoms with Crippen LogP contribution in [-0.4, -0.2) is 55.0 Å². The predicted octanol–water partition coefficient (Wildman–Crippen LogP) is 2.79. The molecule has 2 heterocycles. The SMILES string of the molecule is CC1(NCC2CCN(C(=O)OC(C)(C)C)CC2)CCCOC1. The number of hydrogen-bond donors (Lipinski definition) is 1. The summed E-state index contributed by atoms with van der Waals surface area (Å²) in [5.41, 5.74) is -0.286. The largest absolute Gasteiger partial charge is 0.444 e. The average Bonchev–Trinajstić information content (AvgIpc) is 2.45. The van der Waals surface area contributed by atoms with E-state index in [1.54, 1.807) is 0 Å². The summed E-state index contributed by atoms with van der Waals surface area (Å²) < 4.78 is 11.0. The number of amides is 1. The second-order valence-corrected chi connectivity index (χ2v) is 8.01. The first kappa shape index (κ1) is 17.5. The second-order valence-electron chi connectivity index (χ2n) is 8.01. The van der Waals surface area contributed by atoms with Crippen LogP contribution in [-0.2, 0) is 9.47 Å². The van der Waals surface area contributed by atoms with E-state index in [1.165, 1.54) is 6.42 Å². The Hall–Kier alpha value is -0.810. The maximum absolute atomic E-state index is 12.0. The number of piperidine rings is 1. The van der Waals surface area contributed by atoms with E-state index in [2.05, 4.69) is 12.2 Å². The molecular weight excluding hydrogens is 280 g/mol. The van der Waals surface area contributed by atoms with Crippen LogP contribution in [0.1, 0.15) is 53.4 Å². The third-order valence-corrected chi connectivity index (χ3v) is 4.52. The molecule has 128 valence electrons. The van der Waals surface area contributed by atoms with Crippen molar-refractivity contribution in [1.29, 1.82) is 0 Å². The van der Waals surface area contributed by atoms with Gasteiger partial charge in [0.2, 0.25) is 0 Å². The fraction of sp³-hybridized carbons (Fsp3) is 0.941. The minimum absolute atomic E-state index is 0.126. The van der Waals surface area contributed by atoms with Crippen LogP contribution in [0.15, 0.2) is 0 Å². The molecule has 2 fully saturated rings. The van der Waals surface area contributed by atoms with E-state index in [-0.39, 0.29) is 11.6 Å². The van der Waals surface area contributed by atoms with Crippen LogP contribution < -0.4 is 5.32 Å². The van der Waals surface area contributed by atoms with Gasteiger partial charge in [-0.25, -0.2) is 4.79 Å². The summed E-state index contributed by atoms with van der Waals surface area (Å²) in [5, 5.41) is 3.69. The highest BCUT2D eigenvalue weighted by molar-refractivity contribution is 5.68. The highest BCUT2D eigenvalue weighted by atomic mass is 16.6. The molecule has 2 aliphatic heterocycles. The number of nitrogens with zero attached hydrogens (tertiary/aromatic N) is 1. The Morgan fingerprint density at radius 2 is 2.05 bits per heavy atom. The molecule has 5 heteroatoms. The second kappa shape index (κ2) is 7.18. The summed E-state index contributed by atoms with van der Waals surface area (Å²) in [6.07, 6.45) is 4.24. The van der Waals surface area contributed by atoms with E-state index < -0.39 is 5.60 Å². The third kappa shape index (κ3) is 5.43. The monoisotopic (exact) mass is 312 g/mol. The number of likely N-dealkylation sites (tertiary alicyclic amines) is 1. The molecule has 0 spiro atoms. The standard InChI is InChI=1S/C17H32N2O3/c1-16(2,3)22-15(20)19-9-6-14(7-10-19)12-18-17(4)8-5-11-21-13-17/h14,18H,5-13H2,1-4H3. The lowest BCUT2D eigenvalue weighted by Gasteiger charge is -2.38. The van der Waals surface area contributed by atoms with Crippen molar-refractivity contribution in [2.24, 2.45) is 5.92 Å². The summed E-state index contributed by atoms with van der Waals surface area (Å²) in [7, 11) is 0. The molecule has 0 bridgehead atoms. The van der Waals surface area contributed by atoms with Gasteiger partial charge in [-0.1, -0.05) is 0 Å². The Labute approximate surface area is 134 Å². The van der Waals surface area contributed by atoms with Gasteiger partial charge in [-0.2, -0.15) is 0 Å². The molecule has 0 saturated carbocycles. The molecule has 2 aliphatic rings. The summed E-state index contributed by atoms with van der Waals surface area (Å²) in [5.74, 6) is 0.637. The molecule has 1 unspecified atom stereocenters. The van der Waals surface area contributed by atoms with Gasteiger partial charge in [0.15, 0.2) is 0 Å². The first-order valence-electron chi connectivity index (χ1n) is 8.58. The minimum Gasteiger partial charge on any atom is -0.444 e. The summed E-state index contributed by atoms with van der Waals surface area (Å²) >= 11 is 0. The summed E-state index contributed by atoms with van der Waals surface area (Å²) in [6, 6.07) is 0. The molecule has 0 aromatic carbocycles. The van der Waals surface area contributed by atoms with Crippen LogP contribution in [0.25, 0.3) is 0 Å². The van der Waals surface area contributed by atoms with Crippen molar-refractivity contribution < 1.29 is 14.3 Å². The fourth-order valence-electron chi connectivity index (χ4n) is 3.11. The Bertz CT molecular complexity index is 365. The third-order valence-electron chi connectivity index (χ3n) is 4.52. The van der Waals surface area contributed by atoms with E-state index in [9.17, 15) is 4.79 Å². The highest BCUT2D eigenvalue weighted by Crippen LogP contribution is 2.22. The van der Waals surface area contributed by atoms with Gasteiger partial charge in [0, 0.05) is 25.2 Å². The van der Waals surface area contributed by atoms with Crippen LogP contribution in [0.5, 0.6) is 0 Å². The number of carbonyl (C=O) groups excluding carboxylic acids is 1. The molecule has 2 rings (SSSR count). The molecule has 1 atom stereocenters. The van der Waals surface area contributed by atoms with Gasteiger partial charge >= 0.3 is 6.09 Å². The van der Waals surface area contributed by atoms with E-state index in [1.807, 2.05) is 25.7 Å². The number of carbonyl (C=O) groups is 1. The quantitative estimate of drug-likeness (QED) is 0.870. The zero-order valence-corrected chi connectivity index (χ0v) is 14.6. The van der Waals surface area contributed by atoms with E-state index in [0.717, 1.165) is 52.1 Å². The lowest BCUT2D eigenvalue weighted by molar-refractivity contribution is 0.0144.